The molecule has 0 bridgehead atoms. The average Bonchev–Trinajstić information content (AvgIpc) is 2.72. The second-order valence-electron chi connectivity index (χ2n) is 7.58. The Labute approximate surface area is 164 Å². The van der Waals surface area contributed by atoms with E-state index in [0.717, 1.165) is 47.2 Å². The predicted octanol–water partition coefficient (Wildman–Crippen LogP) is 4.99. The standard InChI is InChI=1S/C24H25NO3/c1-16(23(26)25-19-11-3-2-4-12-19)28-24(27)22-20-13-7-5-9-17(20)15-18-10-6-8-14-21(18)22/h5-10,13-16,19H,2-4,11-12H2,1H3,(H,25,26)/t16-/m0/s1. The van der Waals surface area contributed by atoms with E-state index in [1.807, 2.05) is 48.5 Å². The Balaban J connectivity index is 1.60. The molecule has 3 aromatic carbocycles. The summed E-state index contributed by atoms with van der Waals surface area (Å²) in [6, 6.07) is 17.8. The maximum Gasteiger partial charge on any atom is 0.340 e. The number of esters is 1. The van der Waals surface area contributed by atoms with Crippen LogP contribution in [-0.4, -0.2) is 24.0 Å². The highest BCUT2D eigenvalue weighted by Crippen LogP contribution is 2.29. The number of hydrogen-bond acceptors (Lipinski definition) is 3. The van der Waals surface area contributed by atoms with Crippen LogP contribution in [0.15, 0.2) is 54.6 Å². The molecule has 1 atom stereocenters. The van der Waals surface area contributed by atoms with Crippen LogP contribution >= 0.6 is 0 Å². The number of amides is 1. The van der Waals surface area contributed by atoms with Crippen molar-refractivity contribution >= 4 is 33.4 Å². The van der Waals surface area contributed by atoms with E-state index < -0.39 is 12.1 Å². The Bertz CT molecular complexity index is 967. The van der Waals surface area contributed by atoms with Crippen LogP contribution in [0.5, 0.6) is 0 Å². The maximum atomic E-state index is 13.1. The van der Waals surface area contributed by atoms with Crippen LogP contribution in [0.2, 0.25) is 0 Å². The minimum atomic E-state index is -0.827. The second-order valence-corrected chi connectivity index (χ2v) is 7.58. The van der Waals surface area contributed by atoms with E-state index in [0.29, 0.717) is 5.56 Å². The van der Waals surface area contributed by atoms with Gasteiger partial charge in [-0.25, -0.2) is 4.79 Å². The highest BCUT2D eigenvalue weighted by molar-refractivity contribution is 6.16. The van der Waals surface area contributed by atoms with Gasteiger partial charge in [-0.2, -0.15) is 0 Å². The fourth-order valence-electron chi connectivity index (χ4n) is 4.07. The summed E-state index contributed by atoms with van der Waals surface area (Å²) in [4.78, 5) is 25.6. The molecule has 4 nitrogen and oxygen atoms in total. The van der Waals surface area contributed by atoms with Gasteiger partial charge in [-0.05, 0) is 47.4 Å². The van der Waals surface area contributed by atoms with Gasteiger partial charge in [0.15, 0.2) is 6.10 Å². The van der Waals surface area contributed by atoms with Gasteiger partial charge in [0.05, 0.1) is 5.56 Å². The van der Waals surface area contributed by atoms with Gasteiger partial charge >= 0.3 is 5.97 Å². The van der Waals surface area contributed by atoms with Gasteiger partial charge in [0.2, 0.25) is 0 Å². The zero-order valence-corrected chi connectivity index (χ0v) is 16.1. The smallest absolute Gasteiger partial charge is 0.340 e. The van der Waals surface area contributed by atoms with Crippen LogP contribution < -0.4 is 5.32 Å². The molecule has 1 fully saturated rings. The van der Waals surface area contributed by atoms with E-state index in [-0.39, 0.29) is 11.9 Å². The second kappa shape index (κ2) is 8.01. The van der Waals surface area contributed by atoms with Crippen LogP contribution in [0.3, 0.4) is 0 Å². The van der Waals surface area contributed by atoms with Crippen LogP contribution in [-0.2, 0) is 9.53 Å². The van der Waals surface area contributed by atoms with Gasteiger partial charge in [0.1, 0.15) is 0 Å². The molecule has 28 heavy (non-hydrogen) atoms. The monoisotopic (exact) mass is 375 g/mol. The fraction of sp³-hybridized carbons (Fsp3) is 0.333. The first-order valence-electron chi connectivity index (χ1n) is 10.1. The van der Waals surface area contributed by atoms with Gasteiger partial charge in [0.25, 0.3) is 5.91 Å². The molecule has 1 aliphatic carbocycles. The molecule has 1 saturated carbocycles. The van der Waals surface area contributed by atoms with Crippen LogP contribution in [0, 0.1) is 0 Å². The maximum absolute atomic E-state index is 13.1. The number of carbonyl (C=O) groups is 2. The Kier molecular flexibility index (Phi) is 5.29. The van der Waals surface area contributed by atoms with Crippen molar-refractivity contribution in [2.45, 2.75) is 51.2 Å². The minimum Gasteiger partial charge on any atom is -0.449 e. The molecule has 0 saturated heterocycles. The summed E-state index contributed by atoms with van der Waals surface area (Å²) in [7, 11) is 0. The van der Waals surface area contributed by atoms with E-state index in [2.05, 4.69) is 11.4 Å². The van der Waals surface area contributed by atoms with Crippen molar-refractivity contribution in [3.8, 4) is 0 Å². The summed E-state index contributed by atoms with van der Waals surface area (Å²) in [6.45, 7) is 1.64. The number of nitrogens with one attached hydrogen (secondary N) is 1. The first-order chi connectivity index (χ1) is 13.6. The highest BCUT2D eigenvalue weighted by atomic mass is 16.5. The zero-order valence-electron chi connectivity index (χ0n) is 16.1. The van der Waals surface area contributed by atoms with Crippen molar-refractivity contribution in [3.63, 3.8) is 0 Å². The van der Waals surface area contributed by atoms with Gasteiger partial charge < -0.3 is 10.1 Å². The Morgan fingerprint density at radius 3 is 2.11 bits per heavy atom. The lowest BCUT2D eigenvalue weighted by atomic mass is 9.95. The molecule has 4 rings (SSSR count). The molecule has 4 heteroatoms. The van der Waals surface area contributed by atoms with E-state index in [1.54, 1.807) is 6.92 Å². The number of fused-ring (bicyclic) bond motifs is 2. The zero-order chi connectivity index (χ0) is 19.5. The van der Waals surface area contributed by atoms with Crippen molar-refractivity contribution < 1.29 is 14.3 Å². The molecule has 3 aromatic rings. The number of ether oxygens (including phenoxy) is 1. The predicted molar refractivity (Wildman–Crippen MR) is 111 cm³/mol. The molecular weight excluding hydrogens is 350 g/mol. The highest BCUT2D eigenvalue weighted by Gasteiger charge is 2.24. The van der Waals surface area contributed by atoms with Crippen molar-refractivity contribution in [3.05, 3.63) is 60.2 Å². The SMILES string of the molecule is C[C@H](OC(=O)c1c2ccccc2cc2ccccc12)C(=O)NC1CCCCC1. The number of hydrogen-bond donors (Lipinski definition) is 1. The van der Waals surface area contributed by atoms with Gasteiger partial charge in [-0.15, -0.1) is 0 Å². The van der Waals surface area contributed by atoms with E-state index in [1.165, 1.54) is 6.42 Å². The molecule has 1 amide bonds. The molecule has 0 unspecified atom stereocenters. The molecule has 0 radical (unpaired) electrons. The molecule has 1 aliphatic rings. The lowest BCUT2D eigenvalue weighted by molar-refractivity contribution is -0.130. The number of benzene rings is 3. The van der Waals surface area contributed by atoms with Crippen LogP contribution in [0.4, 0.5) is 0 Å². The van der Waals surface area contributed by atoms with E-state index in [9.17, 15) is 9.59 Å². The van der Waals surface area contributed by atoms with Gasteiger partial charge in [-0.3, -0.25) is 4.79 Å². The summed E-state index contributed by atoms with van der Waals surface area (Å²) in [5.41, 5.74) is 0.519. The van der Waals surface area contributed by atoms with Crippen molar-refractivity contribution in [2.24, 2.45) is 0 Å². The topological polar surface area (TPSA) is 55.4 Å². The lowest BCUT2D eigenvalue weighted by Crippen LogP contribution is -2.42. The molecule has 0 aliphatic heterocycles. The third-order valence-corrected chi connectivity index (χ3v) is 5.58. The van der Waals surface area contributed by atoms with E-state index >= 15 is 0 Å². The third kappa shape index (κ3) is 3.72. The summed E-state index contributed by atoms with van der Waals surface area (Å²) in [5.74, 6) is -0.677. The summed E-state index contributed by atoms with van der Waals surface area (Å²) in [6.07, 6.45) is 4.68. The Morgan fingerprint density at radius 1 is 0.929 bits per heavy atom. The molecule has 0 spiro atoms. The quantitative estimate of drug-likeness (QED) is 0.516. The van der Waals surface area contributed by atoms with Gasteiger partial charge in [0, 0.05) is 6.04 Å². The number of carbonyl (C=O) groups excluding carboxylic acids is 2. The third-order valence-electron chi connectivity index (χ3n) is 5.58. The fourth-order valence-corrected chi connectivity index (χ4v) is 4.07. The lowest BCUT2D eigenvalue weighted by Gasteiger charge is -2.24. The molecule has 0 heterocycles. The van der Waals surface area contributed by atoms with Crippen molar-refractivity contribution in [2.75, 3.05) is 0 Å². The van der Waals surface area contributed by atoms with E-state index in [4.69, 9.17) is 4.74 Å². The first kappa shape index (κ1) is 18.5. The summed E-state index contributed by atoms with van der Waals surface area (Å²) < 4.78 is 5.60. The molecule has 1 N–H and O–H groups in total. The Hall–Kier alpha value is -2.88. The summed E-state index contributed by atoms with van der Waals surface area (Å²) >= 11 is 0. The molecule has 0 aromatic heterocycles. The normalized spacial score (nSPS) is 16.0. The molecule has 144 valence electrons. The Morgan fingerprint density at radius 2 is 1.50 bits per heavy atom. The van der Waals surface area contributed by atoms with Crippen LogP contribution in [0.25, 0.3) is 21.5 Å². The molecular formula is C24H25NO3. The minimum absolute atomic E-state index is 0.195. The largest absolute Gasteiger partial charge is 0.449 e. The van der Waals surface area contributed by atoms with Crippen molar-refractivity contribution in [1.29, 1.82) is 0 Å². The first-order valence-corrected chi connectivity index (χ1v) is 10.1. The van der Waals surface area contributed by atoms with Gasteiger partial charge in [-0.1, -0.05) is 67.8 Å². The van der Waals surface area contributed by atoms with Crippen LogP contribution in [0.1, 0.15) is 49.4 Å². The number of rotatable bonds is 4. The summed E-state index contributed by atoms with van der Waals surface area (Å²) in [5, 5.41) is 6.67. The van der Waals surface area contributed by atoms with Crippen molar-refractivity contribution in [1.82, 2.24) is 5.32 Å². The average molecular weight is 375 g/mol.